The van der Waals surface area contributed by atoms with E-state index in [0.717, 1.165) is 19.3 Å². The van der Waals surface area contributed by atoms with Gasteiger partial charge in [0.05, 0.1) is 0 Å². The molecule has 0 rings (SSSR count). The summed E-state index contributed by atoms with van der Waals surface area (Å²) in [4.78, 5) is 2.45. The van der Waals surface area contributed by atoms with Crippen molar-refractivity contribution >= 4 is 0 Å². The minimum atomic E-state index is -0.0176. The molecular weight excluding hydrogens is 268 g/mol. The minimum absolute atomic E-state index is 0.0139. The molecule has 0 bridgehead atoms. The number of hydrogen-bond acceptors (Lipinski definition) is 2. The highest BCUT2D eigenvalue weighted by atomic mass is 15.2. The lowest BCUT2D eigenvalue weighted by atomic mass is 9.87. The van der Waals surface area contributed by atoms with E-state index in [0.29, 0.717) is 6.04 Å². The van der Waals surface area contributed by atoms with Gasteiger partial charge in [-0.2, -0.15) is 0 Å². The monoisotopic (exact) mass is 306 g/mol. The number of hydrogen-bond donors (Lipinski definition) is 1. The second kappa shape index (κ2) is 8.12. The molecule has 0 saturated heterocycles. The summed E-state index contributed by atoms with van der Waals surface area (Å²) < 4.78 is 0. The van der Waals surface area contributed by atoms with Crippen LogP contribution in [0.25, 0.3) is 0 Å². The lowest BCUT2D eigenvalue weighted by Gasteiger charge is -2.42. The molecule has 0 aromatic carbocycles. The van der Waals surface area contributed by atoms with Gasteiger partial charge in [0.25, 0.3) is 0 Å². The molecule has 0 aliphatic heterocycles. The Kier molecular flexibility index (Phi) is 7.80. The summed E-state index contributed by atoms with van der Waals surface area (Å²) in [5, 5.41) is 3.34. The Morgan fingerprint density at radius 3 is 1.95 bits per heavy atom. The van der Waals surface area contributed by atoms with E-state index in [2.05, 4.69) is 78.5 Å². The van der Waals surface area contributed by atoms with Crippen LogP contribution in [0.15, 0.2) is 36.5 Å². The van der Waals surface area contributed by atoms with Crippen molar-refractivity contribution in [3.63, 3.8) is 0 Å². The molecule has 0 spiro atoms. The first-order valence-corrected chi connectivity index (χ1v) is 8.26. The third kappa shape index (κ3) is 5.73. The van der Waals surface area contributed by atoms with E-state index in [1.165, 1.54) is 16.7 Å². The molecule has 128 valence electrons. The zero-order valence-electron chi connectivity index (χ0n) is 16.3. The number of nitrogens with one attached hydrogen (secondary N) is 1. The summed E-state index contributed by atoms with van der Waals surface area (Å²) in [6, 6.07) is 0.452. The molecule has 0 amide bonds. The van der Waals surface area contributed by atoms with Crippen LogP contribution < -0.4 is 5.32 Å². The molecule has 0 aromatic heterocycles. The van der Waals surface area contributed by atoms with Gasteiger partial charge in [0.1, 0.15) is 0 Å². The fourth-order valence-corrected chi connectivity index (χ4v) is 2.42. The third-order valence-corrected chi connectivity index (χ3v) is 5.35. The van der Waals surface area contributed by atoms with Crippen LogP contribution in [0, 0.1) is 0 Å². The number of likely N-dealkylation sites (N-methyl/N-ethyl adjacent to an activating group) is 2. The SMILES string of the molecule is C=C(C)CC(CCC(=C)C(C)(C)NC)N(C)C(C)(C)C(=C)C. The number of nitrogens with zero attached hydrogens (tertiary/aromatic N) is 1. The Morgan fingerprint density at radius 1 is 1.09 bits per heavy atom. The van der Waals surface area contributed by atoms with Crippen LogP contribution >= 0.6 is 0 Å². The average Bonchev–Trinajstić information content (AvgIpc) is 2.41. The first-order valence-electron chi connectivity index (χ1n) is 8.26. The first kappa shape index (κ1) is 21.1. The zero-order valence-corrected chi connectivity index (χ0v) is 16.3. The summed E-state index contributed by atoms with van der Waals surface area (Å²) in [5.41, 5.74) is 3.64. The van der Waals surface area contributed by atoms with Crippen molar-refractivity contribution in [3.05, 3.63) is 36.5 Å². The molecule has 0 fully saturated rings. The maximum absolute atomic E-state index is 4.28. The van der Waals surface area contributed by atoms with E-state index in [4.69, 9.17) is 0 Å². The molecular formula is C20H38N2. The van der Waals surface area contributed by atoms with Crippen LogP contribution in [0.4, 0.5) is 0 Å². The quantitative estimate of drug-likeness (QED) is 0.575. The van der Waals surface area contributed by atoms with E-state index in [-0.39, 0.29) is 11.1 Å². The lowest BCUT2D eigenvalue weighted by Crippen LogP contribution is -2.48. The maximum atomic E-state index is 4.28. The highest BCUT2D eigenvalue weighted by Gasteiger charge is 2.30. The van der Waals surface area contributed by atoms with Gasteiger partial charge in [0.2, 0.25) is 0 Å². The van der Waals surface area contributed by atoms with Crippen LogP contribution in [0.5, 0.6) is 0 Å². The summed E-state index contributed by atoms with van der Waals surface area (Å²) in [6.07, 6.45) is 3.12. The van der Waals surface area contributed by atoms with Gasteiger partial charge in [0, 0.05) is 17.1 Å². The topological polar surface area (TPSA) is 15.3 Å². The van der Waals surface area contributed by atoms with Crippen molar-refractivity contribution in [1.29, 1.82) is 0 Å². The van der Waals surface area contributed by atoms with Crippen molar-refractivity contribution < 1.29 is 0 Å². The predicted octanol–water partition coefficient (Wildman–Crippen LogP) is 4.94. The molecule has 22 heavy (non-hydrogen) atoms. The molecule has 2 nitrogen and oxygen atoms in total. The van der Waals surface area contributed by atoms with Gasteiger partial charge in [-0.25, -0.2) is 0 Å². The standard InChI is InChI=1S/C20H38N2/c1-15(2)14-18(22(11)20(8,9)16(3)4)13-12-17(5)19(6,7)21-10/h18,21H,1,3,5,12-14H2,2,4,6-11H3. The van der Waals surface area contributed by atoms with Gasteiger partial charge < -0.3 is 5.32 Å². The van der Waals surface area contributed by atoms with E-state index in [1.54, 1.807) is 0 Å². The summed E-state index contributed by atoms with van der Waals surface area (Å²) in [7, 11) is 4.20. The smallest absolute Gasteiger partial charge is 0.0358 e. The molecule has 0 aliphatic rings. The molecule has 0 aliphatic carbocycles. The Hall–Kier alpha value is -0.860. The van der Waals surface area contributed by atoms with Gasteiger partial charge in [-0.1, -0.05) is 29.9 Å². The Morgan fingerprint density at radius 2 is 1.59 bits per heavy atom. The molecule has 1 unspecified atom stereocenters. The van der Waals surface area contributed by atoms with Crippen molar-refractivity contribution in [2.45, 2.75) is 77.9 Å². The minimum Gasteiger partial charge on any atom is -0.311 e. The molecule has 0 saturated carbocycles. The second-order valence-electron chi connectivity index (χ2n) is 7.78. The van der Waals surface area contributed by atoms with E-state index >= 15 is 0 Å². The lowest BCUT2D eigenvalue weighted by molar-refractivity contribution is 0.122. The van der Waals surface area contributed by atoms with Crippen LogP contribution in [0.1, 0.15) is 60.8 Å². The van der Waals surface area contributed by atoms with Crippen molar-refractivity contribution in [2.75, 3.05) is 14.1 Å². The molecule has 0 heterocycles. The molecule has 0 aromatic rings. The normalized spacial score (nSPS) is 14.0. The van der Waals surface area contributed by atoms with Gasteiger partial charge in [0.15, 0.2) is 0 Å². The Labute approximate surface area is 139 Å². The maximum Gasteiger partial charge on any atom is 0.0358 e. The molecule has 2 heteroatoms. The average molecular weight is 307 g/mol. The second-order valence-corrected chi connectivity index (χ2v) is 7.78. The summed E-state index contributed by atoms with van der Waals surface area (Å²) in [6.45, 7) is 25.6. The van der Waals surface area contributed by atoms with Crippen LogP contribution in [-0.4, -0.2) is 36.1 Å². The van der Waals surface area contributed by atoms with Crippen molar-refractivity contribution in [3.8, 4) is 0 Å². The molecule has 0 radical (unpaired) electrons. The molecule has 1 N–H and O–H groups in total. The third-order valence-electron chi connectivity index (χ3n) is 5.35. The summed E-state index contributed by atoms with van der Waals surface area (Å²) in [5.74, 6) is 0. The number of rotatable bonds is 10. The fourth-order valence-electron chi connectivity index (χ4n) is 2.42. The van der Waals surface area contributed by atoms with Crippen LogP contribution in [-0.2, 0) is 0 Å². The van der Waals surface area contributed by atoms with Crippen molar-refractivity contribution in [2.24, 2.45) is 0 Å². The Bertz CT molecular complexity index is 415. The van der Waals surface area contributed by atoms with Crippen LogP contribution in [0.2, 0.25) is 0 Å². The van der Waals surface area contributed by atoms with Gasteiger partial charge in [-0.3, -0.25) is 4.90 Å². The zero-order chi connectivity index (χ0) is 17.7. The first-order chi connectivity index (χ1) is 9.86. The van der Waals surface area contributed by atoms with E-state index in [9.17, 15) is 0 Å². The van der Waals surface area contributed by atoms with Gasteiger partial charge in [-0.15, -0.1) is 6.58 Å². The molecule has 1 atom stereocenters. The van der Waals surface area contributed by atoms with E-state index < -0.39 is 0 Å². The largest absolute Gasteiger partial charge is 0.311 e. The van der Waals surface area contributed by atoms with Crippen molar-refractivity contribution in [1.82, 2.24) is 10.2 Å². The van der Waals surface area contributed by atoms with Gasteiger partial charge >= 0.3 is 0 Å². The predicted molar refractivity (Wildman–Crippen MR) is 101 cm³/mol. The summed E-state index contributed by atoms with van der Waals surface area (Å²) >= 11 is 0. The highest BCUT2D eigenvalue weighted by Crippen LogP contribution is 2.29. The fraction of sp³-hybridized carbons (Fsp3) is 0.700. The van der Waals surface area contributed by atoms with Gasteiger partial charge in [-0.05, 0) is 74.9 Å². The van der Waals surface area contributed by atoms with E-state index in [1.807, 2.05) is 7.05 Å². The van der Waals surface area contributed by atoms with Crippen LogP contribution in [0.3, 0.4) is 0 Å². The highest BCUT2D eigenvalue weighted by molar-refractivity contribution is 5.15. The Balaban J connectivity index is 5.05.